The van der Waals surface area contributed by atoms with Crippen LogP contribution in [0.1, 0.15) is 21.7 Å². The summed E-state index contributed by atoms with van der Waals surface area (Å²) in [7, 11) is 0. The van der Waals surface area contributed by atoms with E-state index in [-0.39, 0.29) is 10.8 Å². The quantitative estimate of drug-likeness (QED) is 0.722. The highest BCUT2D eigenvalue weighted by Crippen LogP contribution is 2.21. The van der Waals surface area contributed by atoms with E-state index < -0.39 is 0 Å². The lowest BCUT2D eigenvalue weighted by Gasteiger charge is -2.07. The van der Waals surface area contributed by atoms with Crippen molar-refractivity contribution >= 4 is 11.3 Å². The molecule has 0 aliphatic heterocycles. The number of nitrogens with one attached hydrogen (secondary N) is 1. The molecule has 0 aliphatic carbocycles. The highest BCUT2D eigenvalue weighted by Gasteiger charge is 2.07. The van der Waals surface area contributed by atoms with Crippen molar-refractivity contribution in [3.63, 3.8) is 0 Å². The standard InChI is InChI=1S/C18H18N2O3S/c1-12-6-8-19-14(10-12)7-9-23-15-4-2-13(3-5-15)11-16-17(21)20-18(22)24-16/h2-6,8,10,21H,7,9,11H2,1H3,(H,20,22). The number of H-pyrrole nitrogens is 1. The second-order valence-electron chi connectivity index (χ2n) is 5.53. The maximum absolute atomic E-state index is 11.2. The first-order chi connectivity index (χ1) is 11.6. The summed E-state index contributed by atoms with van der Waals surface area (Å²) in [5.74, 6) is 0.744. The Bertz CT molecular complexity index is 868. The molecule has 124 valence electrons. The van der Waals surface area contributed by atoms with Crippen molar-refractivity contribution in [1.29, 1.82) is 0 Å². The molecule has 0 saturated heterocycles. The van der Waals surface area contributed by atoms with Crippen LogP contribution < -0.4 is 9.61 Å². The van der Waals surface area contributed by atoms with Crippen LogP contribution in [0.15, 0.2) is 47.4 Å². The van der Waals surface area contributed by atoms with Crippen molar-refractivity contribution in [3.05, 3.63) is 74.0 Å². The molecule has 1 aromatic carbocycles. The lowest BCUT2D eigenvalue weighted by molar-refractivity contribution is 0.320. The van der Waals surface area contributed by atoms with Crippen LogP contribution in [0, 0.1) is 6.92 Å². The second kappa shape index (κ2) is 7.31. The van der Waals surface area contributed by atoms with E-state index in [1.165, 1.54) is 5.56 Å². The van der Waals surface area contributed by atoms with Crippen LogP contribution in [0.2, 0.25) is 0 Å². The molecule has 0 saturated carbocycles. The first-order valence-electron chi connectivity index (χ1n) is 7.64. The molecule has 2 aromatic heterocycles. The molecule has 0 aliphatic rings. The van der Waals surface area contributed by atoms with E-state index in [9.17, 15) is 9.90 Å². The van der Waals surface area contributed by atoms with Crippen LogP contribution >= 0.6 is 11.3 Å². The van der Waals surface area contributed by atoms with Gasteiger partial charge in [-0.15, -0.1) is 0 Å². The Kier molecular flexibility index (Phi) is 4.96. The fourth-order valence-electron chi connectivity index (χ4n) is 2.37. The van der Waals surface area contributed by atoms with Crippen molar-refractivity contribution in [3.8, 4) is 11.6 Å². The third-order valence-corrected chi connectivity index (χ3v) is 4.46. The van der Waals surface area contributed by atoms with E-state index in [2.05, 4.69) is 16.0 Å². The topological polar surface area (TPSA) is 75.2 Å². The van der Waals surface area contributed by atoms with Crippen molar-refractivity contribution in [1.82, 2.24) is 9.97 Å². The first kappa shape index (κ1) is 16.3. The zero-order valence-electron chi connectivity index (χ0n) is 13.3. The second-order valence-corrected chi connectivity index (χ2v) is 6.60. The van der Waals surface area contributed by atoms with E-state index in [0.29, 0.717) is 17.9 Å². The SMILES string of the molecule is Cc1ccnc(CCOc2ccc(Cc3sc(=O)[nH]c3O)cc2)c1. The van der Waals surface area contributed by atoms with Gasteiger partial charge in [-0.05, 0) is 42.3 Å². The number of hydrogen-bond acceptors (Lipinski definition) is 5. The summed E-state index contributed by atoms with van der Waals surface area (Å²) in [4.78, 5) is 18.3. The minimum absolute atomic E-state index is 0.0454. The predicted molar refractivity (Wildman–Crippen MR) is 94.0 cm³/mol. The zero-order valence-corrected chi connectivity index (χ0v) is 14.1. The summed E-state index contributed by atoms with van der Waals surface area (Å²) in [5.41, 5.74) is 3.22. The van der Waals surface area contributed by atoms with Crippen LogP contribution in [-0.2, 0) is 12.8 Å². The van der Waals surface area contributed by atoms with Gasteiger partial charge in [0, 0.05) is 24.7 Å². The number of aromatic nitrogens is 2. The first-order valence-corrected chi connectivity index (χ1v) is 8.46. The summed E-state index contributed by atoms with van der Waals surface area (Å²) >= 11 is 1.03. The van der Waals surface area contributed by atoms with Crippen LogP contribution in [-0.4, -0.2) is 21.7 Å². The fraction of sp³-hybridized carbons (Fsp3) is 0.222. The maximum Gasteiger partial charge on any atom is 0.307 e. The highest BCUT2D eigenvalue weighted by molar-refractivity contribution is 7.09. The molecule has 5 nitrogen and oxygen atoms in total. The normalized spacial score (nSPS) is 10.7. The summed E-state index contributed by atoms with van der Waals surface area (Å²) < 4.78 is 5.74. The number of benzene rings is 1. The monoisotopic (exact) mass is 342 g/mol. The minimum Gasteiger partial charge on any atom is -0.494 e. The third-order valence-electron chi connectivity index (χ3n) is 3.59. The number of aryl methyl sites for hydroxylation is 1. The number of hydrogen-bond donors (Lipinski definition) is 2. The van der Waals surface area contributed by atoms with Crippen molar-refractivity contribution < 1.29 is 9.84 Å². The molecule has 0 radical (unpaired) electrons. The average molecular weight is 342 g/mol. The molecule has 0 unspecified atom stereocenters. The van der Waals surface area contributed by atoms with E-state index >= 15 is 0 Å². The molecule has 2 heterocycles. The Hall–Kier alpha value is -2.60. The number of nitrogens with zero attached hydrogens (tertiary/aromatic N) is 1. The molecule has 3 rings (SSSR count). The molecule has 2 N–H and O–H groups in total. The van der Waals surface area contributed by atoms with Crippen molar-refractivity contribution in [2.45, 2.75) is 19.8 Å². The number of ether oxygens (including phenoxy) is 1. The Morgan fingerprint density at radius 3 is 2.71 bits per heavy atom. The van der Waals surface area contributed by atoms with Gasteiger partial charge in [-0.3, -0.25) is 14.8 Å². The molecular weight excluding hydrogens is 324 g/mol. The molecule has 3 aromatic rings. The summed E-state index contributed by atoms with van der Waals surface area (Å²) in [6.45, 7) is 2.61. The Morgan fingerprint density at radius 1 is 1.25 bits per heavy atom. The van der Waals surface area contributed by atoms with Crippen molar-refractivity contribution in [2.24, 2.45) is 0 Å². The van der Waals surface area contributed by atoms with Crippen LogP contribution in [0.25, 0.3) is 0 Å². The zero-order chi connectivity index (χ0) is 16.9. The molecule has 0 atom stereocenters. The molecule has 0 spiro atoms. The van der Waals surface area contributed by atoms with Gasteiger partial charge in [0.15, 0.2) is 0 Å². The number of aromatic amines is 1. The van der Waals surface area contributed by atoms with Gasteiger partial charge in [-0.1, -0.05) is 23.5 Å². The van der Waals surface area contributed by atoms with Crippen molar-refractivity contribution in [2.75, 3.05) is 6.61 Å². The van der Waals surface area contributed by atoms with Gasteiger partial charge in [0.25, 0.3) is 0 Å². The van der Waals surface area contributed by atoms with Crippen LogP contribution in [0.3, 0.4) is 0 Å². The summed E-state index contributed by atoms with van der Waals surface area (Å²) in [6, 6.07) is 11.7. The van der Waals surface area contributed by atoms with Gasteiger partial charge in [0.1, 0.15) is 5.75 Å². The van der Waals surface area contributed by atoms with Gasteiger partial charge in [-0.25, -0.2) is 0 Å². The largest absolute Gasteiger partial charge is 0.494 e. The molecule has 0 fully saturated rings. The molecule has 24 heavy (non-hydrogen) atoms. The summed E-state index contributed by atoms with van der Waals surface area (Å²) in [5, 5.41) is 9.62. The van der Waals surface area contributed by atoms with E-state index in [1.807, 2.05) is 43.5 Å². The van der Waals surface area contributed by atoms with E-state index in [0.717, 1.165) is 34.8 Å². The lowest BCUT2D eigenvalue weighted by atomic mass is 10.1. The minimum atomic E-state index is -0.243. The maximum atomic E-state index is 11.2. The van der Waals surface area contributed by atoms with Gasteiger partial charge in [0.05, 0.1) is 11.5 Å². The van der Waals surface area contributed by atoms with Gasteiger partial charge >= 0.3 is 4.87 Å². The Labute approximate surface area is 143 Å². The van der Waals surface area contributed by atoms with Gasteiger partial charge in [-0.2, -0.15) is 0 Å². The Balaban J connectivity index is 1.54. The van der Waals surface area contributed by atoms with E-state index in [4.69, 9.17) is 4.74 Å². The van der Waals surface area contributed by atoms with Gasteiger partial charge < -0.3 is 9.84 Å². The highest BCUT2D eigenvalue weighted by atomic mass is 32.1. The Morgan fingerprint density at radius 2 is 2.04 bits per heavy atom. The fourth-order valence-corrected chi connectivity index (χ4v) is 3.13. The number of pyridine rings is 1. The average Bonchev–Trinajstić information content (AvgIpc) is 2.87. The lowest BCUT2D eigenvalue weighted by Crippen LogP contribution is -2.03. The number of thiazole rings is 1. The van der Waals surface area contributed by atoms with E-state index in [1.54, 1.807) is 0 Å². The van der Waals surface area contributed by atoms with Gasteiger partial charge in [0.2, 0.25) is 5.88 Å². The van der Waals surface area contributed by atoms with Crippen LogP contribution in [0.4, 0.5) is 0 Å². The third kappa shape index (κ3) is 4.23. The molecule has 0 amide bonds. The number of aromatic hydroxyl groups is 1. The molecule has 6 heteroatoms. The van der Waals surface area contributed by atoms with Crippen LogP contribution in [0.5, 0.6) is 11.6 Å². The molecule has 0 bridgehead atoms. The predicted octanol–water partition coefficient (Wildman–Crippen LogP) is 3.06. The number of rotatable bonds is 6. The summed E-state index contributed by atoms with van der Waals surface area (Å²) in [6.07, 6.45) is 3.08. The molecular formula is C18H18N2O3S. The smallest absolute Gasteiger partial charge is 0.307 e.